The van der Waals surface area contributed by atoms with Gasteiger partial charge in [-0.3, -0.25) is 0 Å². The van der Waals surface area contributed by atoms with Crippen LogP contribution >= 0.6 is 0 Å². The fraction of sp³-hybridized carbons (Fsp3) is 0.435. The molecule has 0 amide bonds. The average molecular weight is 409 g/mol. The van der Waals surface area contributed by atoms with Crippen LogP contribution in [0, 0.1) is 0 Å². The Hall–Kier alpha value is -2.93. The second kappa shape index (κ2) is 7.40. The van der Waals surface area contributed by atoms with Gasteiger partial charge in [0.15, 0.2) is 0 Å². The lowest BCUT2D eigenvalue weighted by atomic mass is 9.81. The molecule has 1 aromatic carbocycles. The molecule has 0 bridgehead atoms. The Kier molecular flexibility index (Phi) is 5.02. The van der Waals surface area contributed by atoms with Crippen LogP contribution in [0.4, 0.5) is 0 Å². The summed E-state index contributed by atoms with van der Waals surface area (Å²) in [6, 6.07) is 8.93. The Labute approximate surface area is 176 Å². The van der Waals surface area contributed by atoms with E-state index < -0.39 is 0 Å². The summed E-state index contributed by atoms with van der Waals surface area (Å²) in [6.07, 6.45) is 3.48. The number of rotatable bonds is 4. The number of nitrogens with one attached hydrogen (secondary N) is 1. The van der Waals surface area contributed by atoms with Gasteiger partial charge in [-0.1, -0.05) is 0 Å². The van der Waals surface area contributed by atoms with E-state index in [2.05, 4.69) is 48.2 Å². The maximum absolute atomic E-state index is 10.5. The molecule has 2 aromatic heterocycles. The van der Waals surface area contributed by atoms with Gasteiger partial charge in [-0.05, 0) is 57.3 Å². The van der Waals surface area contributed by atoms with Crippen LogP contribution < -0.4 is 14.8 Å². The van der Waals surface area contributed by atoms with E-state index in [1.807, 2.05) is 18.2 Å². The Bertz CT molecular complexity index is 1050. The molecule has 0 saturated carbocycles. The van der Waals surface area contributed by atoms with Crippen molar-refractivity contribution in [1.82, 2.24) is 20.5 Å². The van der Waals surface area contributed by atoms with Gasteiger partial charge in [0.25, 0.3) is 0 Å². The van der Waals surface area contributed by atoms with Crippen LogP contribution in [0.25, 0.3) is 22.0 Å². The van der Waals surface area contributed by atoms with E-state index >= 15 is 0 Å². The number of aromatic nitrogens is 3. The molecule has 0 spiro atoms. The molecule has 0 aliphatic carbocycles. The van der Waals surface area contributed by atoms with Crippen molar-refractivity contribution in [3.05, 3.63) is 36.5 Å². The second-order valence-corrected chi connectivity index (χ2v) is 9.21. The summed E-state index contributed by atoms with van der Waals surface area (Å²) in [7, 11) is 1.57. The Morgan fingerprint density at radius 2 is 1.77 bits per heavy atom. The summed E-state index contributed by atoms with van der Waals surface area (Å²) in [5, 5.41) is 24.3. The number of methoxy groups -OCH3 is 1. The van der Waals surface area contributed by atoms with E-state index in [1.165, 1.54) is 0 Å². The number of benzene rings is 1. The number of hydrogen-bond donors (Lipinski definition) is 2. The van der Waals surface area contributed by atoms with Crippen LogP contribution in [0.15, 0.2) is 36.5 Å². The van der Waals surface area contributed by atoms with Crippen molar-refractivity contribution in [3.63, 3.8) is 0 Å². The van der Waals surface area contributed by atoms with Gasteiger partial charge < -0.3 is 19.9 Å². The molecule has 0 radical (unpaired) electrons. The van der Waals surface area contributed by atoms with Crippen molar-refractivity contribution in [2.24, 2.45) is 0 Å². The highest BCUT2D eigenvalue weighted by molar-refractivity contribution is 5.93. The Morgan fingerprint density at radius 3 is 2.40 bits per heavy atom. The van der Waals surface area contributed by atoms with Crippen LogP contribution in [0.1, 0.15) is 40.5 Å². The van der Waals surface area contributed by atoms with Gasteiger partial charge in [-0.2, -0.15) is 0 Å². The fourth-order valence-corrected chi connectivity index (χ4v) is 4.56. The first kappa shape index (κ1) is 20.3. The first-order valence-corrected chi connectivity index (χ1v) is 10.1. The molecule has 30 heavy (non-hydrogen) atoms. The normalized spacial score (nSPS) is 18.3. The summed E-state index contributed by atoms with van der Waals surface area (Å²) in [5.74, 6) is 1.11. The third-order valence-corrected chi connectivity index (χ3v) is 5.39. The van der Waals surface area contributed by atoms with E-state index in [1.54, 1.807) is 25.4 Å². The zero-order valence-electron chi connectivity index (χ0n) is 18.1. The molecular formula is C23H28N4O3. The van der Waals surface area contributed by atoms with Crippen molar-refractivity contribution in [1.29, 1.82) is 0 Å². The zero-order valence-corrected chi connectivity index (χ0v) is 18.1. The van der Waals surface area contributed by atoms with Gasteiger partial charge in [0.05, 0.1) is 12.8 Å². The summed E-state index contributed by atoms with van der Waals surface area (Å²) in [5.41, 5.74) is 1.10. The van der Waals surface area contributed by atoms with Crippen molar-refractivity contribution in [2.75, 3.05) is 7.11 Å². The standard InChI is InChI=1S/C23H28N4O3/c1-22(2)12-15(13-23(3,4)27-22)30-20-7-6-18(25-26-20)17-11-16-14(10-19(17)28)8-9-24-21(16)29-5/h6-11,15,27-28H,12-13H2,1-5H3. The summed E-state index contributed by atoms with van der Waals surface area (Å²) in [4.78, 5) is 4.23. The molecule has 0 unspecified atom stereocenters. The van der Waals surface area contributed by atoms with Crippen LogP contribution in [-0.4, -0.2) is 44.6 Å². The van der Waals surface area contributed by atoms with Gasteiger partial charge in [0.1, 0.15) is 11.9 Å². The number of phenols is 1. The molecule has 1 aliphatic rings. The predicted octanol–water partition coefficient (Wildman–Crippen LogP) is 4.09. The molecule has 4 rings (SSSR count). The zero-order chi connectivity index (χ0) is 21.5. The van der Waals surface area contributed by atoms with Crippen molar-refractivity contribution < 1.29 is 14.6 Å². The van der Waals surface area contributed by atoms with Crippen molar-refractivity contribution >= 4 is 10.8 Å². The molecule has 0 atom stereocenters. The Morgan fingerprint density at radius 1 is 1.03 bits per heavy atom. The van der Waals surface area contributed by atoms with Gasteiger partial charge in [0.2, 0.25) is 11.8 Å². The van der Waals surface area contributed by atoms with Crippen LogP contribution in [-0.2, 0) is 0 Å². The number of hydrogen-bond acceptors (Lipinski definition) is 7. The predicted molar refractivity (Wildman–Crippen MR) is 116 cm³/mol. The van der Waals surface area contributed by atoms with E-state index in [-0.39, 0.29) is 22.9 Å². The highest BCUT2D eigenvalue weighted by Gasteiger charge is 2.38. The van der Waals surface area contributed by atoms with Gasteiger partial charge in [-0.15, -0.1) is 10.2 Å². The Balaban J connectivity index is 1.59. The molecule has 7 heteroatoms. The molecule has 158 valence electrons. The molecule has 1 fully saturated rings. The number of pyridine rings is 1. The molecule has 2 N–H and O–H groups in total. The molecular weight excluding hydrogens is 380 g/mol. The van der Waals surface area contributed by atoms with E-state index in [4.69, 9.17) is 9.47 Å². The van der Waals surface area contributed by atoms with E-state index in [0.717, 1.165) is 23.6 Å². The number of piperidine rings is 1. The molecule has 3 aromatic rings. The van der Waals surface area contributed by atoms with Crippen molar-refractivity contribution in [3.8, 4) is 28.8 Å². The number of fused-ring (bicyclic) bond motifs is 1. The topological polar surface area (TPSA) is 89.4 Å². The second-order valence-electron chi connectivity index (χ2n) is 9.21. The van der Waals surface area contributed by atoms with Gasteiger partial charge in [0, 0.05) is 47.1 Å². The number of phenolic OH excluding ortho intramolecular Hbond substituents is 1. The lowest BCUT2D eigenvalue weighted by molar-refractivity contribution is 0.0524. The SMILES string of the molecule is COc1nccc2cc(O)c(-c3ccc(OC4CC(C)(C)NC(C)(C)C4)nn3)cc12. The van der Waals surface area contributed by atoms with Crippen LogP contribution in [0.3, 0.4) is 0 Å². The summed E-state index contributed by atoms with van der Waals surface area (Å²) >= 11 is 0. The highest BCUT2D eigenvalue weighted by Crippen LogP contribution is 2.36. The highest BCUT2D eigenvalue weighted by atomic mass is 16.5. The number of aromatic hydroxyl groups is 1. The minimum atomic E-state index is -0.0102. The quantitative estimate of drug-likeness (QED) is 0.672. The lowest BCUT2D eigenvalue weighted by Gasteiger charge is -2.46. The molecule has 7 nitrogen and oxygen atoms in total. The lowest BCUT2D eigenvalue weighted by Crippen LogP contribution is -2.60. The first-order chi connectivity index (χ1) is 14.2. The largest absolute Gasteiger partial charge is 0.507 e. The van der Waals surface area contributed by atoms with Crippen LogP contribution in [0.2, 0.25) is 0 Å². The maximum Gasteiger partial charge on any atom is 0.233 e. The third-order valence-electron chi connectivity index (χ3n) is 5.39. The fourth-order valence-electron chi connectivity index (χ4n) is 4.56. The minimum Gasteiger partial charge on any atom is -0.507 e. The average Bonchev–Trinajstić information content (AvgIpc) is 2.65. The van der Waals surface area contributed by atoms with Gasteiger partial charge >= 0.3 is 0 Å². The third kappa shape index (κ3) is 4.16. The first-order valence-electron chi connectivity index (χ1n) is 10.1. The van der Waals surface area contributed by atoms with Gasteiger partial charge in [-0.25, -0.2) is 4.98 Å². The van der Waals surface area contributed by atoms with Crippen molar-refractivity contribution in [2.45, 2.75) is 57.7 Å². The monoisotopic (exact) mass is 408 g/mol. The number of nitrogens with zero attached hydrogens (tertiary/aromatic N) is 3. The van der Waals surface area contributed by atoms with E-state index in [9.17, 15) is 5.11 Å². The smallest absolute Gasteiger partial charge is 0.233 e. The maximum atomic E-state index is 10.5. The molecule has 1 saturated heterocycles. The summed E-state index contributed by atoms with van der Waals surface area (Å²) < 4.78 is 11.5. The minimum absolute atomic E-state index is 0.0102. The van der Waals surface area contributed by atoms with Crippen LogP contribution in [0.5, 0.6) is 17.5 Å². The summed E-state index contributed by atoms with van der Waals surface area (Å²) in [6.45, 7) is 8.74. The number of ether oxygens (including phenoxy) is 2. The molecule has 1 aliphatic heterocycles. The van der Waals surface area contributed by atoms with E-state index in [0.29, 0.717) is 23.0 Å². The molecule has 3 heterocycles.